The Morgan fingerprint density at radius 2 is 2.14 bits per heavy atom. The lowest BCUT2D eigenvalue weighted by Gasteiger charge is -2.18. The fourth-order valence-electron chi connectivity index (χ4n) is 1.46. The van der Waals surface area contributed by atoms with Gasteiger partial charge in [-0.15, -0.1) is 0 Å². The SMILES string of the molecule is CCC(C)CCC(=O)C(COP(=O)(O)OCCN)NC=O. The van der Waals surface area contributed by atoms with Crippen molar-refractivity contribution in [2.75, 3.05) is 19.8 Å². The van der Waals surface area contributed by atoms with Gasteiger partial charge >= 0.3 is 7.82 Å². The maximum atomic E-state index is 12.0. The lowest BCUT2D eigenvalue weighted by molar-refractivity contribution is -0.124. The van der Waals surface area contributed by atoms with E-state index >= 15 is 0 Å². The van der Waals surface area contributed by atoms with E-state index in [0.717, 1.165) is 6.42 Å². The zero-order valence-corrected chi connectivity index (χ0v) is 13.4. The minimum Gasteiger partial charge on any atom is -0.347 e. The molecule has 0 aromatic carbocycles. The molecule has 0 aromatic rings. The Balaban J connectivity index is 4.37. The molecule has 0 spiro atoms. The van der Waals surface area contributed by atoms with Crippen LogP contribution < -0.4 is 11.1 Å². The minimum absolute atomic E-state index is 0.0672. The summed E-state index contributed by atoms with van der Waals surface area (Å²) in [4.78, 5) is 31.8. The number of carbonyl (C=O) groups excluding carboxylic acids is 2. The maximum Gasteiger partial charge on any atom is 0.472 e. The van der Waals surface area contributed by atoms with Crippen molar-refractivity contribution in [1.82, 2.24) is 5.32 Å². The van der Waals surface area contributed by atoms with Gasteiger partial charge in [-0.3, -0.25) is 18.6 Å². The zero-order valence-electron chi connectivity index (χ0n) is 12.5. The van der Waals surface area contributed by atoms with Gasteiger partial charge in [0.05, 0.1) is 13.2 Å². The van der Waals surface area contributed by atoms with Gasteiger partial charge in [-0.2, -0.15) is 0 Å². The summed E-state index contributed by atoms with van der Waals surface area (Å²) < 4.78 is 20.7. The lowest BCUT2D eigenvalue weighted by Crippen LogP contribution is -2.39. The Hall–Kier alpha value is -0.790. The normalized spacial score (nSPS) is 16.8. The summed E-state index contributed by atoms with van der Waals surface area (Å²) in [5, 5.41) is 2.29. The summed E-state index contributed by atoms with van der Waals surface area (Å²) in [6.45, 7) is 3.56. The van der Waals surface area contributed by atoms with Gasteiger partial charge in [0.2, 0.25) is 6.41 Å². The van der Waals surface area contributed by atoms with Crippen molar-refractivity contribution in [2.24, 2.45) is 11.7 Å². The average molecular weight is 324 g/mol. The molecule has 8 nitrogen and oxygen atoms in total. The molecule has 9 heteroatoms. The number of nitrogens with two attached hydrogens (primary N) is 1. The van der Waals surface area contributed by atoms with Crippen LogP contribution in [0.4, 0.5) is 0 Å². The largest absolute Gasteiger partial charge is 0.472 e. The third-order valence-corrected chi connectivity index (χ3v) is 4.00. The summed E-state index contributed by atoms with van der Waals surface area (Å²) in [7, 11) is -4.26. The quantitative estimate of drug-likeness (QED) is 0.334. The summed E-state index contributed by atoms with van der Waals surface area (Å²) >= 11 is 0. The molecule has 1 amide bonds. The maximum absolute atomic E-state index is 12.0. The van der Waals surface area contributed by atoms with Gasteiger partial charge in [0.1, 0.15) is 6.04 Å². The summed E-state index contributed by atoms with van der Waals surface area (Å²) in [6, 6.07) is -0.964. The van der Waals surface area contributed by atoms with Gasteiger partial charge in [-0.1, -0.05) is 20.3 Å². The average Bonchev–Trinajstić information content (AvgIpc) is 2.46. The molecule has 21 heavy (non-hydrogen) atoms. The summed E-state index contributed by atoms with van der Waals surface area (Å²) in [5.74, 6) is 0.143. The number of ketones is 1. The monoisotopic (exact) mass is 324 g/mol. The van der Waals surface area contributed by atoms with E-state index < -0.39 is 20.5 Å². The molecule has 0 saturated heterocycles. The molecule has 0 aromatic heterocycles. The second-order valence-corrected chi connectivity index (χ2v) is 6.20. The topological polar surface area (TPSA) is 128 Å². The predicted molar refractivity (Wildman–Crippen MR) is 77.5 cm³/mol. The van der Waals surface area contributed by atoms with Crippen LogP contribution in [0.5, 0.6) is 0 Å². The van der Waals surface area contributed by atoms with E-state index in [9.17, 15) is 19.0 Å². The smallest absolute Gasteiger partial charge is 0.347 e. The van der Waals surface area contributed by atoms with Crippen molar-refractivity contribution in [3.8, 4) is 0 Å². The molecule has 3 unspecified atom stereocenters. The van der Waals surface area contributed by atoms with Gasteiger partial charge in [0, 0.05) is 13.0 Å². The number of hydrogen-bond donors (Lipinski definition) is 3. The van der Waals surface area contributed by atoms with E-state index in [0.29, 0.717) is 18.7 Å². The number of rotatable bonds is 13. The molecular weight excluding hydrogens is 299 g/mol. The molecule has 0 aliphatic carbocycles. The Morgan fingerprint density at radius 3 is 2.67 bits per heavy atom. The molecular formula is C12H25N2O6P. The fraction of sp³-hybridized carbons (Fsp3) is 0.833. The van der Waals surface area contributed by atoms with Crippen molar-refractivity contribution in [1.29, 1.82) is 0 Å². The number of phosphoric acid groups is 1. The number of nitrogens with one attached hydrogen (secondary N) is 1. The van der Waals surface area contributed by atoms with E-state index in [1.54, 1.807) is 0 Å². The molecule has 0 heterocycles. The molecule has 0 saturated carbocycles. The standard InChI is InChI=1S/C12H25N2O6P/c1-3-10(2)4-5-12(16)11(14-9-15)8-20-21(17,18)19-7-6-13/h9-11H,3-8,13H2,1-2H3,(H,14,15)(H,17,18). The van der Waals surface area contributed by atoms with Crippen molar-refractivity contribution < 1.29 is 28.1 Å². The Morgan fingerprint density at radius 1 is 1.48 bits per heavy atom. The third kappa shape index (κ3) is 9.71. The Kier molecular flexibility index (Phi) is 10.5. The van der Waals surface area contributed by atoms with Crippen molar-refractivity contribution in [2.45, 2.75) is 39.2 Å². The van der Waals surface area contributed by atoms with Crippen LogP contribution in [0, 0.1) is 5.92 Å². The second kappa shape index (κ2) is 10.9. The molecule has 124 valence electrons. The summed E-state index contributed by atoms with van der Waals surface area (Å²) in [6.07, 6.45) is 2.27. The van der Waals surface area contributed by atoms with Crippen LogP contribution in [-0.2, 0) is 23.2 Å². The van der Waals surface area contributed by atoms with E-state index in [-0.39, 0.29) is 25.4 Å². The Bertz CT molecular complexity index is 366. The molecule has 0 radical (unpaired) electrons. The highest BCUT2D eigenvalue weighted by Crippen LogP contribution is 2.42. The van der Waals surface area contributed by atoms with Gasteiger partial charge in [-0.25, -0.2) is 4.57 Å². The second-order valence-electron chi connectivity index (χ2n) is 4.74. The van der Waals surface area contributed by atoms with Crippen molar-refractivity contribution in [3.05, 3.63) is 0 Å². The molecule has 0 aliphatic heterocycles. The van der Waals surface area contributed by atoms with Crippen LogP contribution in [0.3, 0.4) is 0 Å². The van der Waals surface area contributed by atoms with Crippen LogP contribution >= 0.6 is 7.82 Å². The lowest BCUT2D eigenvalue weighted by atomic mass is 9.99. The van der Waals surface area contributed by atoms with Crippen LogP contribution in [0.1, 0.15) is 33.1 Å². The first kappa shape index (κ1) is 20.2. The van der Waals surface area contributed by atoms with Crippen molar-refractivity contribution >= 4 is 20.0 Å². The zero-order chi connectivity index (χ0) is 16.3. The van der Waals surface area contributed by atoms with Crippen LogP contribution in [0.2, 0.25) is 0 Å². The van der Waals surface area contributed by atoms with Gasteiger partial charge < -0.3 is 15.9 Å². The third-order valence-electron chi connectivity index (χ3n) is 3.01. The first-order valence-electron chi connectivity index (χ1n) is 6.90. The highest BCUT2D eigenvalue weighted by molar-refractivity contribution is 7.47. The van der Waals surface area contributed by atoms with Gasteiger partial charge in [-0.05, 0) is 12.3 Å². The molecule has 0 fully saturated rings. The van der Waals surface area contributed by atoms with Gasteiger partial charge in [0.15, 0.2) is 5.78 Å². The van der Waals surface area contributed by atoms with Gasteiger partial charge in [0.25, 0.3) is 0 Å². The van der Waals surface area contributed by atoms with E-state index in [1.807, 2.05) is 13.8 Å². The first-order chi connectivity index (χ1) is 9.86. The molecule has 0 bridgehead atoms. The molecule has 0 rings (SSSR count). The van der Waals surface area contributed by atoms with E-state index in [4.69, 9.17) is 10.3 Å². The molecule has 4 N–H and O–H groups in total. The van der Waals surface area contributed by atoms with Crippen LogP contribution in [-0.4, -0.2) is 42.9 Å². The fourth-order valence-corrected chi connectivity index (χ4v) is 2.21. The minimum atomic E-state index is -4.26. The number of amides is 1. The highest BCUT2D eigenvalue weighted by atomic mass is 31.2. The highest BCUT2D eigenvalue weighted by Gasteiger charge is 2.26. The van der Waals surface area contributed by atoms with E-state index in [2.05, 4.69) is 9.84 Å². The number of hydrogen-bond acceptors (Lipinski definition) is 6. The number of Topliss-reactive ketones (excluding diaryl/α,β-unsaturated/α-hetero) is 1. The molecule has 3 atom stereocenters. The molecule has 0 aliphatic rings. The Labute approximate surface area is 125 Å². The van der Waals surface area contributed by atoms with Crippen molar-refractivity contribution in [3.63, 3.8) is 0 Å². The first-order valence-corrected chi connectivity index (χ1v) is 8.40. The van der Waals surface area contributed by atoms with Crippen LogP contribution in [0.25, 0.3) is 0 Å². The number of phosphoric ester groups is 1. The summed E-state index contributed by atoms with van der Waals surface area (Å²) in [5.41, 5.74) is 5.14. The predicted octanol–water partition coefficient (Wildman–Crippen LogP) is 0.589. The number of carbonyl (C=O) groups is 2. The van der Waals surface area contributed by atoms with E-state index in [1.165, 1.54) is 0 Å². The van der Waals surface area contributed by atoms with Crippen LogP contribution in [0.15, 0.2) is 0 Å².